The molecule has 0 aliphatic carbocycles. The molecule has 2 N–H and O–H groups in total. The minimum absolute atomic E-state index is 0.0330. The molecule has 27 heavy (non-hydrogen) atoms. The third-order valence-electron chi connectivity index (χ3n) is 4.28. The first kappa shape index (κ1) is 20.3. The molecule has 0 unspecified atom stereocenters. The van der Waals surface area contributed by atoms with Crippen LogP contribution in [0, 0.1) is 0 Å². The summed E-state index contributed by atoms with van der Waals surface area (Å²) in [4.78, 5) is 23.1. The average Bonchev–Trinajstić information content (AvgIpc) is 2.67. The van der Waals surface area contributed by atoms with Crippen LogP contribution in [-0.2, 0) is 13.0 Å². The average molecular weight is 372 g/mol. The second-order valence-corrected chi connectivity index (χ2v) is 6.09. The zero-order chi connectivity index (χ0) is 20.0. The van der Waals surface area contributed by atoms with Gasteiger partial charge in [0, 0.05) is 17.5 Å². The number of carbonyl (C=O) groups excluding carboxylic acids is 1. The molecule has 0 heterocycles. The topological polar surface area (TPSA) is 93.1 Å². The third kappa shape index (κ3) is 4.58. The Morgan fingerprint density at radius 2 is 1.81 bits per heavy atom. The number of carboxylic acid groups (broad SMARTS) is 1. The number of aromatic carboxylic acids is 1. The van der Waals surface area contributed by atoms with Crippen LogP contribution in [0.2, 0.25) is 0 Å². The molecular weight excluding hydrogens is 348 g/mol. The number of ether oxygens (including phenoxy) is 2. The van der Waals surface area contributed by atoms with Crippen molar-refractivity contribution in [3.8, 4) is 17.2 Å². The van der Waals surface area contributed by atoms with Gasteiger partial charge in [0.15, 0.2) is 5.78 Å². The Bertz CT molecular complexity index is 841. The molecule has 0 bridgehead atoms. The van der Waals surface area contributed by atoms with E-state index >= 15 is 0 Å². The first-order valence-corrected chi connectivity index (χ1v) is 8.83. The largest absolute Gasteiger partial charge is 0.507 e. The molecular formula is C21H24O6. The van der Waals surface area contributed by atoms with Gasteiger partial charge in [0.25, 0.3) is 0 Å². The number of phenols is 1. The maximum Gasteiger partial charge on any atom is 0.335 e. The summed E-state index contributed by atoms with van der Waals surface area (Å²) in [5, 5.41) is 19.6. The van der Waals surface area contributed by atoms with Crippen LogP contribution < -0.4 is 9.47 Å². The molecule has 2 aromatic rings. The molecule has 2 aromatic carbocycles. The van der Waals surface area contributed by atoms with Crippen LogP contribution >= 0.6 is 0 Å². The van der Waals surface area contributed by atoms with Crippen molar-refractivity contribution in [3.05, 3.63) is 52.6 Å². The Labute approximate surface area is 158 Å². The Hall–Kier alpha value is -3.02. The highest BCUT2D eigenvalue weighted by molar-refractivity contribution is 5.99. The number of Topliss-reactive ketones (excluding diaryl/α,β-unsaturated/α-hetero) is 1. The van der Waals surface area contributed by atoms with Gasteiger partial charge in [-0.2, -0.15) is 0 Å². The highest BCUT2D eigenvalue weighted by Crippen LogP contribution is 2.34. The maximum atomic E-state index is 12.0. The first-order valence-electron chi connectivity index (χ1n) is 8.83. The van der Waals surface area contributed by atoms with Crippen molar-refractivity contribution >= 4 is 11.8 Å². The second-order valence-electron chi connectivity index (χ2n) is 6.09. The molecule has 0 atom stereocenters. The number of hydrogen-bond donors (Lipinski definition) is 2. The normalized spacial score (nSPS) is 10.5. The highest BCUT2D eigenvalue weighted by Gasteiger charge is 2.18. The molecule has 0 aromatic heterocycles. The zero-order valence-corrected chi connectivity index (χ0v) is 15.7. The Balaban J connectivity index is 2.31. The van der Waals surface area contributed by atoms with Crippen molar-refractivity contribution in [3.63, 3.8) is 0 Å². The number of aromatic hydroxyl groups is 1. The molecule has 0 spiro atoms. The fourth-order valence-electron chi connectivity index (χ4n) is 2.81. The van der Waals surface area contributed by atoms with Crippen molar-refractivity contribution in [2.24, 2.45) is 0 Å². The molecule has 0 aliphatic heterocycles. The van der Waals surface area contributed by atoms with E-state index in [0.717, 1.165) is 6.42 Å². The van der Waals surface area contributed by atoms with Gasteiger partial charge >= 0.3 is 5.97 Å². The Morgan fingerprint density at radius 3 is 2.41 bits per heavy atom. The van der Waals surface area contributed by atoms with Crippen LogP contribution in [-0.4, -0.2) is 29.1 Å². The molecule has 0 aliphatic rings. The van der Waals surface area contributed by atoms with Crippen LogP contribution in [0.3, 0.4) is 0 Å². The van der Waals surface area contributed by atoms with E-state index in [2.05, 4.69) is 0 Å². The molecule has 0 fully saturated rings. The number of hydrogen-bond acceptors (Lipinski definition) is 5. The summed E-state index contributed by atoms with van der Waals surface area (Å²) < 4.78 is 11.1. The van der Waals surface area contributed by atoms with Crippen molar-refractivity contribution in [2.75, 3.05) is 7.11 Å². The van der Waals surface area contributed by atoms with Gasteiger partial charge in [0.2, 0.25) is 0 Å². The van der Waals surface area contributed by atoms with E-state index in [9.17, 15) is 14.7 Å². The van der Waals surface area contributed by atoms with E-state index in [1.54, 1.807) is 25.1 Å². The number of methoxy groups -OCH3 is 1. The smallest absolute Gasteiger partial charge is 0.335 e. The quantitative estimate of drug-likeness (QED) is 0.640. The number of carbonyl (C=O) groups is 2. The maximum absolute atomic E-state index is 12.0. The van der Waals surface area contributed by atoms with Gasteiger partial charge in [-0.1, -0.05) is 26.3 Å². The number of phenolic OH excluding ortho intramolecular Hbond substituents is 1. The van der Waals surface area contributed by atoms with Crippen LogP contribution in [0.15, 0.2) is 30.3 Å². The standard InChI is InChI=1S/C21H24O6/c1-4-6-16-18(10-9-15(20(16)23)17(22)5-2)27-12-14-8-7-13(21(24)25)11-19(14)26-3/h7-11,23H,4-6,12H2,1-3H3,(H,24,25). The lowest BCUT2D eigenvalue weighted by Gasteiger charge is -2.16. The summed E-state index contributed by atoms with van der Waals surface area (Å²) in [7, 11) is 1.46. The minimum Gasteiger partial charge on any atom is -0.507 e. The van der Waals surface area contributed by atoms with Crippen molar-refractivity contribution in [2.45, 2.75) is 39.7 Å². The summed E-state index contributed by atoms with van der Waals surface area (Å²) in [5.74, 6) is -0.288. The van der Waals surface area contributed by atoms with E-state index in [0.29, 0.717) is 41.0 Å². The third-order valence-corrected chi connectivity index (χ3v) is 4.28. The number of carboxylic acids is 1. The summed E-state index contributed by atoms with van der Waals surface area (Å²) in [6.45, 7) is 3.87. The minimum atomic E-state index is -1.04. The van der Waals surface area contributed by atoms with Crippen LogP contribution in [0.5, 0.6) is 17.2 Å². The van der Waals surface area contributed by atoms with E-state index in [1.807, 2.05) is 6.92 Å². The van der Waals surface area contributed by atoms with Crippen LogP contribution in [0.4, 0.5) is 0 Å². The summed E-state index contributed by atoms with van der Waals surface area (Å²) >= 11 is 0. The lowest BCUT2D eigenvalue weighted by molar-refractivity contribution is 0.0696. The first-order chi connectivity index (χ1) is 12.9. The monoisotopic (exact) mass is 372 g/mol. The van der Waals surface area contributed by atoms with E-state index < -0.39 is 5.97 Å². The second kappa shape index (κ2) is 9.07. The molecule has 0 saturated carbocycles. The van der Waals surface area contributed by atoms with Crippen LogP contribution in [0.1, 0.15) is 58.5 Å². The summed E-state index contributed by atoms with van der Waals surface area (Å²) in [6, 6.07) is 7.81. The van der Waals surface area contributed by atoms with Gasteiger partial charge in [0.05, 0.1) is 18.2 Å². The number of rotatable bonds is 9. The summed E-state index contributed by atoms with van der Waals surface area (Å²) in [6.07, 6.45) is 1.66. The van der Waals surface area contributed by atoms with Crippen molar-refractivity contribution < 1.29 is 29.3 Å². The Kier molecular flexibility index (Phi) is 6.82. The number of ketones is 1. The molecule has 0 saturated heterocycles. The number of benzene rings is 2. The van der Waals surface area contributed by atoms with Gasteiger partial charge in [-0.05, 0) is 30.7 Å². The van der Waals surface area contributed by atoms with Crippen molar-refractivity contribution in [1.29, 1.82) is 0 Å². The lowest BCUT2D eigenvalue weighted by atomic mass is 10.00. The predicted molar refractivity (Wildman–Crippen MR) is 101 cm³/mol. The van der Waals surface area contributed by atoms with Crippen LogP contribution in [0.25, 0.3) is 0 Å². The molecule has 6 nitrogen and oxygen atoms in total. The Morgan fingerprint density at radius 1 is 1.07 bits per heavy atom. The zero-order valence-electron chi connectivity index (χ0n) is 15.7. The summed E-state index contributed by atoms with van der Waals surface area (Å²) in [5.41, 5.74) is 1.70. The molecule has 0 radical (unpaired) electrons. The molecule has 144 valence electrons. The van der Waals surface area contributed by atoms with E-state index in [-0.39, 0.29) is 23.7 Å². The predicted octanol–water partition coefficient (Wildman–Crippen LogP) is 4.22. The van der Waals surface area contributed by atoms with Gasteiger partial charge in [-0.15, -0.1) is 0 Å². The van der Waals surface area contributed by atoms with E-state index in [4.69, 9.17) is 14.6 Å². The van der Waals surface area contributed by atoms with Gasteiger partial charge in [-0.25, -0.2) is 4.79 Å². The fourth-order valence-corrected chi connectivity index (χ4v) is 2.81. The molecule has 6 heteroatoms. The molecule has 2 rings (SSSR count). The SMILES string of the molecule is CCCc1c(OCc2ccc(C(=O)O)cc2OC)ccc(C(=O)CC)c1O. The van der Waals surface area contributed by atoms with Gasteiger partial charge in [0.1, 0.15) is 23.9 Å². The van der Waals surface area contributed by atoms with Crippen molar-refractivity contribution in [1.82, 2.24) is 0 Å². The molecule has 0 amide bonds. The lowest BCUT2D eigenvalue weighted by Crippen LogP contribution is -2.05. The van der Waals surface area contributed by atoms with Gasteiger partial charge in [-0.3, -0.25) is 4.79 Å². The highest BCUT2D eigenvalue weighted by atomic mass is 16.5. The fraction of sp³-hybridized carbons (Fsp3) is 0.333. The van der Waals surface area contributed by atoms with E-state index in [1.165, 1.54) is 19.2 Å². The van der Waals surface area contributed by atoms with Gasteiger partial charge < -0.3 is 19.7 Å².